The summed E-state index contributed by atoms with van der Waals surface area (Å²) in [6.07, 6.45) is -2.95. The molecule has 1 unspecified atom stereocenters. The molecule has 0 bridgehead atoms. The topological polar surface area (TPSA) is 46.3 Å². The Bertz CT molecular complexity index is 284. The van der Waals surface area contributed by atoms with Crippen LogP contribution in [0.2, 0.25) is 0 Å². The van der Waals surface area contributed by atoms with Gasteiger partial charge in [0.05, 0.1) is 5.41 Å². The highest BCUT2D eigenvalue weighted by Gasteiger charge is 2.41. The van der Waals surface area contributed by atoms with Gasteiger partial charge < -0.3 is 10.6 Å². The van der Waals surface area contributed by atoms with Crippen LogP contribution in [0.1, 0.15) is 47.0 Å². The molecule has 0 aromatic rings. The van der Waals surface area contributed by atoms with Crippen LogP contribution in [0.15, 0.2) is 0 Å². The van der Waals surface area contributed by atoms with Crippen LogP contribution in [0.5, 0.6) is 0 Å². The molecule has 0 heterocycles. The Kier molecular flexibility index (Phi) is 6.83. The summed E-state index contributed by atoms with van der Waals surface area (Å²) in [5.74, 6) is -0.497. The summed E-state index contributed by atoms with van der Waals surface area (Å²) in [7, 11) is 0. The minimum atomic E-state index is -4.39. The van der Waals surface area contributed by atoms with E-state index in [0.717, 1.165) is 4.90 Å². The molecule has 2 N–H and O–H groups in total. The summed E-state index contributed by atoms with van der Waals surface area (Å²) in [5, 5.41) is 0. The van der Waals surface area contributed by atoms with E-state index < -0.39 is 30.1 Å². The van der Waals surface area contributed by atoms with E-state index in [-0.39, 0.29) is 6.54 Å². The third-order valence-electron chi connectivity index (χ3n) is 3.74. The third-order valence-corrected chi connectivity index (χ3v) is 3.74. The summed E-state index contributed by atoms with van der Waals surface area (Å²) in [6, 6.07) is -0.397. The molecule has 0 aliphatic carbocycles. The van der Waals surface area contributed by atoms with Crippen molar-refractivity contribution in [2.24, 2.45) is 11.1 Å². The molecule has 0 aromatic heterocycles. The van der Waals surface area contributed by atoms with Crippen LogP contribution in [0, 0.1) is 5.41 Å². The average Bonchev–Trinajstić information content (AvgIpc) is 2.35. The lowest BCUT2D eigenvalue weighted by Crippen LogP contribution is -2.53. The highest BCUT2D eigenvalue weighted by atomic mass is 19.4. The average molecular weight is 282 g/mol. The van der Waals surface area contributed by atoms with Crippen LogP contribution >= 0.6 is 0 Å². The number of nitrogens with zero attached hydrogens (tertiary/aromatic N) is 1. The first kappa shape index (κ1) is 18.2. The number of alkyl halides is 3. The Morgan fingerprint density at radius 3 is 1.95 bits per heavy atom. The van der Waals surface area contributed by atoms with Gasteiger partial charge in [0.2, 0.25) is 5.91 Å². The van der Waals surface area contributed by atoms with Crippen LogP contribution in [-0.4, -0.2) is 36.1 Å². The van der Waals surface area contributed by atoms with E-state index in [2.05, 4.69) is 0 Å². The molecule has 0 saturated carbocycles. The van der Waals surface area contributed by atoms with E-state index in [9.17, 15) is 18.0 Å². The number of nitrogens with two attached hydrogens (primary N) is 1. The molecule has 114 valence electrons. The Hall–Kier alpha value is -0.780. The van der Waals surface area contributed by atoms with Crippen molar-refractivity contribution in [2.45, 2.75) is 59.2 Å². The second-order valence-corrected chi connectivity index (χ2v) is 5.14. The van der Waals surface area contributed by atoms with Gasteiger partial charge in [0.25, 0.3) is 0 Å². The number of rotatable bonds is 7. The summed E-state index contributed by atoms with van der Waals surface area (Å²) in [5.41, 5.74) is 4.65. The molecular weight excluding hydrogens is 257 g/mol. The molecule has 0 radical (unpaired) electrons. The largest absolute Gasteiger partial charge is 0.406 e. The second kappa shape index (κ2) is 7.12. The SMILES string of the molecule is CCC(CC)N(CC(F)(F)F)C(=O)C(C)(CC)CN. The van der Waals surface area contributed by atoms with Crippen LogP contribution in [-0.2, 0) is 4.79 Å². The van der Waals surface area contributed by atoms with E-state index in [1.54, 1.807) is 27.7 Å². The molecule has 19 heavy (non-hydrogen) atoms. The van der Waals surface area contributed by atoms with Crippen LogP contribution in [0.4, 0.5) is 13.2 Å². The number of carbonyl (C=O) groups is 1. The summed E-state index contributed by atoms with van der Waals surface area (Å²) < 4.78 is 38.0. The van der Waals surface area contributed by atoms with Crippen molar-refractivity contribution in [1.29, 1.82) is 0 Å². The molecular formula is C13H25F3N2O. The molecule has 6 heteroatoms. The monoisotopic (exact) mass is 282 g/mol. The van der Waals surface area contributed by atoms with Crippen LogP contribution in [0.3, 0.4) is 0 Å². The molecule has 0 spiro atoms. The quantitative estimate of drug-likeness (QED) is 0.780. The maximum atomic E-state index is 12.7. The molecule has 0 aromatic carbocycles. The van der Waals surface area contributed by atoms with Crippen molar-refractivity contribution in [3.8, 4) is 0 Å². The zero-order chi connectivity index (χ0) is 15.3. The number of hydrogen-bond acceptors (Lipinski definition) is 2. The maximum absolute atomic E-state index is 12.7. The van der Waals surface area contributed by atoms with Gasteiger partial charge in [0, 0.05) is 12.6 Å². The smallest absolute Gasteiger partial charge is 0.330 e. The van der Waals surface area contributed by atoms with Crippen molar-refractivity contribution in [3.05, 3.63) is 0 Å². The summed E-state index contributed by atoms with van der Waals surface area (Å²) in [4.78, 5) is 13.4. The maximum Gasteiger partial charge on any atom is 0.406 e. The van der Waals surface area contributed by atoms with Gasteiger partial charge in [-0.3, -0.25) is 4.79 Å². The van der Waals surface area contributed by atoms with Gasteiger partial charge >= 0.3 is 6.18 Å². The molecule has 0 aliphatic rings. The Balaban J connectivity index is 5.29. The van der Waals surface area contributed by atoms with Gasteiger partial charge in [0.15, 0.2) is 0 Å². The van der Waals surface area contributed by atoms with Gasteiger partial charge in [0.1, 0.15) is 6.54 Å². The van der Waals surface area contributed by atoms with Gasteiger partial charge in [-0.2, -0.15) is 13.2 Å². The molecule has 1 amide bonds. The number of hydrogen-bond donors (Lipinski definition) is 1. The van der Waals surface area contributed by atoms with E-state index in [1.165, 1.54) is 0 Å². The van der Waals surface area contributed by atoms with Crippen molar-refractivity contribution in [3.63, 3.8) is 0 Å². The predicted octanol–water partition coefficient (Wildman–Crippen LogP) is 2.94. The van der Waals surface area contributed by atoms with Crippen molar-refractivity contribution >= 4 is 5.91 Å². The van der Waals surface area contributed by atoms with Crippen LogP contribution < -0.4 is 5.73 Å². The van der Waals surface area contributed by atoms with E-state index in [1.807, 2.05) is 0 Å². The normalized spacial score (nSPS) is 15.4. The van der Waals surface area contributed by atoms with Crippen molar-refractivity contribution in [1.82, 2.24) is 4.90 Å². The summed E-state index contributed by atoms with van der Waals surface area (Å²) >= 11 is 0. The molecule has 0 saturated heterocycles. The number of carbonyl (C=O) groups excluding carboxylic acids is 1. The summed E-state index contributed by atoms with van der Waals surface area (Å²) in [6.45, 7) is 5.82. The fraction of sp³-hybridized carbons (Fsp3) is 0.923. The lowest BCUT2D eigenvalue weighted by atomic mass is 9.85. The van der Waals surface area contributed by atoms with E-state index >= 15 is 0 Å². The van der Waals surface area contributed by atoms with E-state index in [0.29, 0.717) is 19.3 Å². The zero-order valence-corrected chi connectivity index (χ0v) is 12.2. The van der Waals surface area contributed by atoms with Crippen LogP contribution in [0.25, 0.3) is 0 Å². The Morgan fingerprint density at radius 2 is 1.68 bits per heavy atom. The first-order chi connectivity index (χ1) is 8.65. The molecule has 3 nitrogen and oxygen atoms in total. The van der Waals surface area contributed by atoms with Gasteiger partial charge in [-0.15, -0.1) is 0 Å². The molecule has 0 fully saturated rings. The van der Waals surface area contributed by atoms with Gasteiger partial charge in [-0.1, -0.05) is 20.8 Å². The number of amides is 1. The fourth-order valence-corrected chi connectivity index (χ4v) is 2.02. The first-order valence-corrected chi connectivity index (χ1v) is 6.73. The minimum absolute atomic E-state index is 0.0524. The molecule has 0 rings (SSSR count). The molecule has 0 aliphatic heterocycles. The first-order valence-electron chi connectivity index (χ1n) is 6.73. The zero-order valence-electron chi connectivity index (χ0n) is 12.2. The van der Waals surface area contributed by atoms with Gasteiger partial charge in [-0.25, -0.2) is 0 Å². The Morgan fingerprint density at radius 1 is 1.21 bits per heavy atom. The highest BCUT2D eigenvalue weighted by molar-refractivity contribution is 5.83. The fourth-order valence-electron chi connectivity index (χ4n) is 2.02. The van der Waals surface area contributed by atoms with Crippen molar-refractivity contribution < 1.29 is 18.0 Å². The molecule has 1 atom stereocenters. The van der Waals surface area contributed by atoms with E-state index in [4.69, 9.17) is 5.73 Å². The standard InChI is InChI=1S/C13H25F3N2O/c1-5-10(6-2)18(9-13(14,15)16)11(19)12(4,7-3)8-17/h10H,5-9,17H2,1-4H3. The van der Waals surface area contributed by atoms with Gasteiger partial charge in [-0.05, 0) is 26.2 Å². The lowest BCUT2D eigenvalue weighted by Gasteiger charge is -2.38. The van der Waals surface area contributed by atoms with Crippen molar-refractivity contribution in [2.75, 3.05) is 13.1 Å². The minimum Gasteiger partial charge on any atom is -0.330 e. The third kappa shape index (κ3) is 5.01. The Labute approximate surface area is 113 Å². The second-order valence-electron chi connectivity index (χ2n) is 5.14. The number of halogens is 3. The highest BCUT2D eigenvalue weighted by Crippen LogP contribution is 2.28. The lowest BCUT2D eigenvalue weighted by molar-refractivity contribution is -0.172. The predicted molar refractivity (Wildman–Crippen MR) is 69.6 cm³/mol.